The van der Waals surface area contributed by atoms with Gasteiger partial charge in [-0.05, 0) is 18.2 Å². The molecule has 0 saturated carbocycles. The molecule has 0 fully saturated rings. The van der Waals surface area contributed by atoms with Crippen molar-refractivity contribution in [2.45, 2.75) is 0 Å². The number of halogens is 1. The number of nitrogens with one attached hydrogen (secondary N) is 1. The molecule has 7 heteroatoms. The molecule has 2 N–H and O–H groups in total. The zero-order valence-corrected chi connectivity index (χ0v) is 9.50. The van der Waals surface area contributed by atoms with Gasteiger partial charge in [0, 0.05) is 0 Å². The van der Waals surface area contributed by atoms with Gasteiger partial charge in [-0.3, -0.25) is 4.72 Å². The first-order valence-electron chi connectivity index (χ1n) is 4.50. The fourth-order valence-electron chi connectivity index (χ4n) is 1.15. The van der Waals surface area contributed by atoms with Gasteiger partial charge in [0.15, 0.2) is 0 Å². The number of rotatable bonds is 5. The van der Waals surface area contributed by atoms with E-state index in [1.807, 2.05) is 4.72 Å². The smallest absolute Gasteiger partial charge is 0.337 e. The number of benzene rings is 1. The van der Waals surface area contributed by atoms with Crippen LogP contribution in [0.2, 0.25) is 0 Å². The number of carboxylic acid groups (broad SMARTS) is 1. The summed E-state index contributed by atoms with van der Waals surface area (Å²) in [7, 11) is -3.71. The molecule has 1 rings (SSSR count). The number of aromatic carboxylic acids is 1. The van der Waals surface area contributed by atoms with Crippen LogP contribution in [-0.4, -0.2) is 25.2 Å². The van der Waals surface area contributed by atoms with Gasteiger partial charge in [-0.25, -0.2) is 17.6 Å². The third-order valence-corrected chi connectivity index (χ3v) is 3.02. The Kier molecular flexibility index (Phi) is 3.84. The minimum atomic E-state index is -3.71. The summed E-state index contributed by atoms with van der Waals surface area (Å²) in [5, 5.41) is 8.80. The highest BCUT2D eigenvalue weighted by molar-refractivity contribution is 7.92. The van der Waals surface area contributed by atoms with Crippen LogP contribution in [0.25, 0.3) is 0 Å². The van der Waals surface area contributed by atoms with Gasteiger partial charge in [-0.1, -0.05) is 6.08 Å². The second kappa shape index (κ2) is 4.96. The summed E-state index contributed by atoms with van der Waals surface area (Å²) in [6, 6.07) is 2.77. The predicted octanol–water partition coefficient (Wildman–Crippen LogP) is 1.45. The number of hydrogen-bond acceptors (Lipinski definition) is 3. The Balaban J connectivity index is 3.15. The monoisotopic (exact) mass is 259 g/mol. The third kappa shape index (κ3) is 3.56. The fourth-order valence-corrected chi connectivity index (χ4v) is 2.05. The molecular formula is C10H10FNO4S. The minimum Gasteiger partial charge on any atom is -0.478 e. The molecule has 0 aliphatic heterocycles. The van der Waals surface area contributed by atoms with Gasteiger partial charge in [0.05, 0.1) is 17.0 Å². The van der Waals surface area contributed by atoms with Crippen molar-refractivity contribution in [3.8, 4) is 0 Å². The van der Waals surface area contributed by atoms with Crippen molar-refractivity contribution in [1.82, 2.24) is 0 Å². The Morgan fingerprint density at radius 3 is 2.71 bits per heavy atom. The molecule has 0 aliphatic carbocycles. The molecule has 0 amide bonds. The lowest BCUT2D eigenvalue weighted by molar-refractivity contribution is 0.0697. The van der Waals surface area contributed by atoms with E-state index in [0.717, 1.165) is 24.3 Å². The van der Waals surface area contributed by atoms with Crippen LogP contribution >= 0.6 is 0 Å². The summed E-state index contributed by atoms with van der Waals surface area (Å²) in [6.45, 7) is 3.26. The largest absolute Gasteiger partial charge is 0.478 e. The summed E-state index contributed by atoms with van der Waals surface area (Å²) in [6.07, 6.45) is 1.16. The van der Waals surface area contributed by atoms with E-state index in [9.17, 15) is 17.6 Å². The zero-order chi connectivity index (χ0) is 13.1. The summed E-state index contributed by atoms with van der Waals surface area (Å²) in [4.78, 5) is 10.8. The van der Waals surface area contributed by atoms with Crippen molar-refractivity contribution >= 4 is 21.7 Å². The van der Waals surface area contributed by atoms with Gasteiger partial charge in [-0.2, -0.15) is 0 Å². The lowest BCUT2D eigenvalue weighted by Crippen LogP contribution is -2.17. The maximum atomic E-state index is 12.8. The first-order chi connectivity index (χ1) is 7.85. The standard InChI is InChI=1S/C10H10FNO4S/c1-2-5-17(15,16)12-9-4-3-7(11)6-8(9)10(13)14/h2-4,6,12H,1,5H2,(H,13,14). The van der Waals surface area contributed by atoms with E-state index in [0.29, 0.717) is 0 Å². The van der Waals surface area contributed by atoms with Crippen molar-refractivity contribution in [3.05, 3.63) is 42.2 Å². The van der Waals surface area contributed by atoms with Gasteiger partial charge in [0.2, 0.25) is 10.0 Å². The van der Waals surface area contributed by atoms with E-state index >= 15 is 0 Å². The highest BCUT2D eigenvalue weighted by Gasteiger charge is 2.15. The van der Waals surface area contributed by atoms with Crippen LogP contribution in [0.1, 0.15) is 10.4 Å². The topological polar surface area (TPSA) is 83.5 Å². The summed E-state index contributed by atoms with van der Waals surface area (Å²) >= 11 is 0. The van der Waals surface area contributed by atoms with Gasteiger partial charge >= 0.3 is 5.97 Å². The number of hydrogen-bond donors (Lipinski definition) is 2. The molecule has 0 saturated heterocycles. The zero-order valence-electron chi connectivity index (χ0n) is 8.68. The molecule has 1 aromatic carbocycles. The van der Waals surface area contributed by atoms with E-state index in [-0.39, 0.29) is 11.4 Å². The lowest BCUT2D eigenvalue weighted by Gasteiger charge is -2.09. The fraction of sp³-hybridized carbons (Fsp3) is 0.100. The van der Waals surface area contributed by atoms with Crippen molar-refractivity contribution in [1.29, 1.82) is 0 Å². The predicted molar refractivity (Wildman–Crippen MR) is 61.0 cm³/mol. The summed E-state index contributed by atoms with van der Waals surface area (Å²) < 4.78 is 37.7. The average Bonchev–Trinajstić information content (AvgIpc) is 2.20. The Hall–Kier alpha value is -1.89. The maximum Gasteiger partial charge on any atom is 0.337 e. The van der Waals surface area contributed by atoms with Crippen molar-refractivity contribution in [2.24, 2.45) is 0 Å². The highest BCUT2D eigenvalue weighted by atomic mass is 32.2. The molecule has 92 valence electrons. The van der Waals surface area contributed by atoms with E-state index < -0.39 is 27.4 Å². The van der Waals surface area contributed by atoms with E-state index in [1.165, 1.54) is 0 Å². The first-order valence-corrected chi connectivity index (χ1v) is 6.15. The lowest BCUT2D eigenvalue weighted by atomic mass is 10.2. The van der Waals surface area contributed by atoms with Crippen LogP contribution < -0.4 is 4.72 Å². The molecule has 0 atom stereocenters. The highest BCUT2D eigenvalue weighted by Crippen LogP contribution is 2.18. The molecule has 0 radical (unpaired) electrons. The molecule has 0 aliphatic rings. The summed E-state index contributed by atoms with van der Waals surface area (Å²) in [5.41, 5.74) is -0.626. The number of carbonyl (C=O) groups is 1. The van der Waals surface area contributed by atoms with Crippen LogP contribution in [-0.2, 0) is 10.0 Å². The molecule has 0 bridgehead atoms. The van der Waals surface area contributed by atoms with Crippen LogP contribution in [0.4, 0.5) is 10.1 Å². The molecule has 1 aromatic rings. The summed E-state index contributed by atoms with van der Waals surface area (Å²) in [5.74, 6) is -2.53. The second-order valence-corrected chi connectivity index (χ2v) is 4.93. The van der Waals surface area contributed by atoms with Gasteiger partial charge in [0.1, 0.15) is 5.82 Å². The number of sulfonamides is 1. The van der Waals surface area contributed by atoms with Crippen molar-refractivity contribution in [3.63, 3.8) is 0 Å². The molecule has 0 unspecified atom stereocenters. The maximum absolute atomic E-state index is 12.8. The quantitative estimate of drug-likeness (QED) is 0.784. The van der Waals surface area contributed by atoms with Gasteiger partial charge in [-0.15, -0.1) is 6.58 Å². The molecule has 0 heterocycles. The average molecular weight is 259 g/mol. The number of carboxylic acids is 1. The number of anilines is 1. The Morgan fingerprint density at radius 2 is 2.18 bits per heavy atom. The molecule has 17 heavy (non-hydrogen) atoms. The van der Waals surface area contributed by atoms with Crippen LogP contribution in [0, 0.1) is 5.82 Å². The Morgan fingerprint density at radius 1 is 1.53 bits per heavy atom. The van der Waals surface area contributed by atoms with Gasteiger partial charge in [0.25, 0.3) is 0 Å². The van der Waals surface area contributed by atoms with Crippen LogP contribution in [0.15, 0.2) is 30.9 Å². The van der Waals surface area contributed by atoms with Crippen molar-refractivity contribution in [2.75, 3.05) is 10.5 Å². The Labute approximate surface area is 97.6 Å². The van der Waals surface area contributed by atoms with E-state index in [4.69, 9.17) is 5.11 Å². The molecule has 0 spiro atoms. The van der Waals surface area contributed by atoms with E-state index in [1.54, 1.807) is 0 Å². The van der Waals surface area contributed by atoms with E-state index in [2.05, 4.69) is 6.58 Å². The third-order valence-electron chi connectivity index (χ3n) is 1.81. The first kappa shape index (κ1) is 13.2. The molecule has 5 nitrogen and oxygen atoms in total. The second-order valence-electron chi connectivity index (χ2n) is 3.17. The van der Waals surface area contributed by atoms with Crippen molar-refractivity contribution < 1.29 is 22.7 Å². The normalized spacial score (nSPS) is 10.9. The SMILES string of the molecule is C=CCS(=O)(=O)Nc1ccc(F)cc1C(=O)O. The van der Waals surface area contributed by atoms with Gasteiger partial charge < -0.3 is 5.11 Å². The minimum absolute atomic E-state index is 0.180. The van der Waals surface area contributed by atoms with Crippen LogP contribution in [0.5, 0.6) is 0 Å². The van der Waals surface area contributed by atoms with Crippen LogP contribution in [0.3, 0.4) is 0 Å². The molecular weight excluding hydrogens is 249 g/mol. The molecule has 0 aromatic heterocycles. The Bertz CT molecular complexity index is 553.